The van der Waals surface area contributed by atoms with Crippen LogP contribution >= 0.6 is 11.8 Å². The predicted molar refractivity (Wildman–Crippen MR) is 113 cm³/mol. The number of amidine groups is 1. The van der Waals surface area contributed by atoms with E-state index >= 15 is 0 Å². The van der Waals surface area contributed by atoms with Crippen molar-refractivity contribution in [1.82, 2.24) is 4.90 Å². The van der Waals surface area contributed by atoms with Crippen LogP contribution in [-0.4, -0.2) is 36.0 Å². The summed E-state index contributed by atoms with van der Waals surface area (Å²) in [6.07, 6.45) is -2.72. The molecule has 0 saturated heterocycles. The van der Waals surface area contributed by atoms with Crippen LogP contribution in [0.15, 0.2) is 53.2 Å². The van der Waals surface area contributed by atoms with Crippen molar-refractivity contribution in [2.75, 3.05) is 20.0 Å². The van der Waals surface area contributed by atoms with Gasteiger partial charge in [-0.05, 0) is 41.8 Å². The number of halogens is 4. The van der Waals surface area contributed by atoms with E-state index in [0.29, 0.717) is 27.8 Å². The summed E-state index contributed by atoms with van der Waals surface area (Å²) in [7, 11) is 0. The summed E-state index contributed by atoms with van der Waals surface area (Å²) in [4.78, 5) is 18.6. The van der Waals surface area contributed by atoms with Crippen molar-refractivity contribution >= 4 is 28.9 Å². The Hall–Kier alpha value is -3.01. The van der Waals surface area contributed by atoms with Crippen molar-refractivity contribution in [3.63, 3.8) is 0 Å². The Morgan fingerprint density at radius 2 is 1.94 bits per heavy atom. The van der Waals surface area contributed by atoms with Gasteiger partial charge in [0, 0.05) is 12.3 Å². The van der Waals surface area contributed by atoms with E-state index in [1.165, 1.54) is 11.0 Å². The molecule has 0 aliphatic carbocycles. The van der Waals surface area contributed by atoms with Gasteiger partial charge in [0.25, 0.3) is 5.91 Å². The number of hydrogen-bond donors (Lipinski definition) is 0. The van der Waals surface area contributed by atoms with Crippen LogP contribution in [0.3, 0.4) is 0 Å². The lowest BCUT2D eigenvalue weighted by molar-refractivity contribution is -0.137. The van der Waals surface area contributed by atoms with Gasteiger partial charge in [0.15, 0.2) is 16.7 Å². The number of carbonyl (C=O) groups is 1. The Morgan fingerprint density at radius 1 is 1.12 bits per heavy atom. The highest BCUT2D eigenvalue weighted by molar-refractivity contribution is 8.13. The van der Waals surface area contributed by atoms with Crippen molar-refractivity contribution in [3.05, 3.63) is 64.9 Å². The molecule has 2 aromatic rings. The van der Waals surface area contributed by atoms with E-state index in [1.807, 2.05) is 0 Å². The molecule has 0 N–H and O–H groups in total. The Kier molecular flexibility index (Phi) is 6.40. The van der Waals surface area contributed by atoms with Crippen LogP contribution in [0.5, 0.6) is 11.5 Å². The lowest BCUT2D eigenvalue weighted by Crippen LogP contribution is -2.31. The van der Waals surface area contributed by atoms with Crippen molar-refractivity contribution in [1.29, 1.82) is 0 Å². The molecule has 0 fully saturated rings. The number of ether oxygens (including phenoxy) is 2. The molecule has 2 heterocycles. The number of nitrogens with zero attached hydrogens (tertiary/aromatic N) is 2. The van der Waals surface area contributed by atoms with Gasteiger partial charge in [0.1, 0.15) is 5.70 Å². The summed E-state index contributed by atoms with van der Waals surface area (Å²) in [5.41, 5.74) is 0.543. The minimum Gasteiger partial charge on any atom is -0.454 e. The largest absolute Gasteiger partial charge is 0.454 e. The van der Waals surface area contributed by atoms with Crippen LogP contribution in [0.2, 0.25) is 0 Å². The third-order valence-electron chi connectivity index (χ3n) is 4.75. The minimum absolute atomic E-state index is 0.125. The maximum atomic E-state index is 13.0. The maximum Gasteiger partial charge on any atom is 0.416 e. The van der Waals surface area contributed by atoms with Crippen molar-refractivity contribution < 1.29 is 31.8 Å². The number of carbonyl (C=O) groups excluding carboxylic acids is 1. The molecule has 0 atom stereocenters. The second-order valence-corrected chi connectivity index (χ2v) is 7.97. The topological polar surface area (TPSA) is 51.1 Å². The average Bonchev–Trinajstić information content (AvgIpc) is 3.35. The fourth-order valence-corrected chi connectivity index (χ4v) is 4.17. The first kappa shape index (κ1) is 22.2. The standard InChI is InChI=1S/C22H18F4N2O3S/c23-7-2-8-28-20(29)17(10-14-5-6-18-19(11-14)31-13-30-18)27-21(28)32-12-15-3-1-4-16(9-15)22(24,25)26/h1,3-6,9-11H,2,7-8,12-13H2. The van der Waals surface area contributed by atoms with Crippen LogP contribution < -0.4 is 9.47 Å². The number of rotatable bonds is 6. The number of benzene rings is 2. The van der Waals surface area contributed by atoms with Crippen LogP contribution in [0.4, 0.5) is 17.6 Å². The van der Waals surface area contributed by atoms with Gasteiger partial charge in [-0.25, -0.2) is 4.99 Å². The second-order valence-electron chi connectivity index (χ2n) is 7.02. The predicted octanol–water partition coefficient (Wildman–Crippen LogP) is 5.27. The van der Waals surface area contributed by atoms with Crippen LogP contribution in [0, 0.1) is 0 Å². The smallest absolute Gasteiger partial charge is 0.416 e. The summed E-state index contributed by atoms with van der Waals surface area (Å²) < 4.78 is 62.2. The van der Waals surface area contributed by atoms with Gasteiger partial charge in [-0.2, -0.15) is 13.2 Å². The van der Waals surface area contributed by atoms with Crippen LogP contribution in [-0.2, 0) is 16.7 Å². The molecule has 0 bridgehead atoms. The summed E-state index contributed by atoms with van der Waals surface area (Å²) >= 11 is 1.13. The molecule has 2 aliphatic heterocycles. The van der Waals surface area contributed by atoms with E-state index in [4.69, 9.17) is 9.47 Å². The molecule has 0 unspecified atom stereocenters. The molecule has 0 spiro atoms. The summed E-state index contributed by atoms with van der Waals surface area (Å²) in [6.45, 7) is -0.349. The number of alkyl halides is 4. The van der Waals surface area contributed by atoms with E-state index < -0.39 is 18.4 Å². The van der Waals surface area contributed by atoms with E-state index in [1.54, 1.807) is 30.3 Å². The average molecular weight is 466 g/mol. The van der Waals surface area contributed by atoms with Gasteiger partial charge in [-0.1, -0.05) is 36.0 Å². The molecular weight excluding hydrogens is 448 g/mol. The molecule has 168 valence electrons. The van der Waals surface area contributed by atoms with Gasteiger partial charge >= 0.3 is 6.18 Å². The Morgan fingerprint density at radius 3 is 2.72 bits per heavy atom. The van der Waals surface area contributed by atoms with Gasteiger partial charge in [0.2, 0.25) is 6.79 Å². The second kappa shape index (κ2) is 9.23. The zero-order valence-electron chi connectivity index (χ0n) is 16.7. The molecule has 2 aromatic carbocycles. The van der Waals surface area contributed by atoms with Crippen molar-refractivity contribution in [3.8, 4) is 11.5 Å². The van der Waals surface area contributed by atoms with Gasteiger partial charge in [0.05, 0.1) is 12.2 Å². The van der Waals surface area contributed by atoms with Crippen molar-refractivity contribution in [2.45, 2.75) is 18.3 Å². The first-order valence-corrected chi connectivity index (χ1v) is 10.7. The molecule has 1 amide bonds. The molecule has 5 nitrogen and oxygen atoms in total. The first-order chi connectivity index (χ1) is 15.3. The SMILES string of the molecule is O=C1C(=Cc2ccc3c(c2)OCO3)N=C(SCc2cccc(C(F)(F)F)c2)N1CCCF. The lowest BCUT2D eigenvalue weighted by atomic mass is 10.1. The Bertz CT molecular complexity index is 1090. The summed E-state index contributed by atoms with van der Waals surface area (Å²) in [5.74, 6) is 0.958. The number of amides is 1. The molecule has 2 aliphatic rings. The van der Waals surface area contributed by atoms with E-state index in [2.05, 4.69) is 4.99 Å². The number of aliphatic imine (C=N–C) groups is 1. The molecule has 0 aromatic heterocycles. The highest BCUT2D eigenvalue weighted by Gasteiger charge is 2.32. The number of thioether (sulfide) groups is 1. The van der Waals surface area contributed by atoms with Gasteiger partial charge in [-0.3, -0.25) is 14.1 Å². The van der Waals surface area contributed by atoms with Gasteiger partial charge in [-0.15, -0.1) is 0 Å². The quantitative estimate of drug-likeness (QED) is 0.430. The monoisotopic (exact) mass is 466 g/mol. The van der Waals surface area contributed by atoms with E-state index in [0.717, 1.165) is 23.9 Å². The van der Waals surface area contributed by atoms with Crippen molar-refractivity contribution in [2.24, 2.45) is 4.99 Å². The molecule has 4 rings (SSSR count). The molecule has 0 saturated carbocycles. The number of hydrogen-bond acceptors (Lipinski definition) is 5. The first-order valence-electron chi connectivity index (χ1n) is 9.72. The summed E-state index contributed by atoms with van der Waals surface area (Å²) in [5, 5.41) is 0.327. The van der Waals surface area contributed by atoms with E-state index in [9.17, 15) is 22.4 Å². The third-order valence-corrected chi connectivity index (χ3v) is 5.80. The normalized spacial score (nSPS) is 16.8. The maximum absolute atomic E-state index is 13.0. The van der Waals surface area contributed by atoms with Crippen LogP contribution in [0.1, 0.15) is 23.1 Å². The molecule has 0 radical (unpaired) electrons. The zero-order valence-corrected chi connectivity index (χ0v) is 17.5. The third kappa shape index (κ3) is 4.90. The minimum atomic E-state index is -4.44. The highest BCUT2D eigenvalue weighted by atomic mass is 32.2. The van der Waals surface area contributed by atoms with Gasteiger partial charge < -0.3 is 9.47 Å². The van der Waals surface area contributed by atoms with E-state index in [-0.39, 0.29) is 37.1 Å². The summed E-state index contributed by atoms with van der Waals surface area (Å²) in [6, 6.07) is 10.2. The molecular formula is C22H18F4N2O3S. The Labute approximate surface area is 185 Å². The van der Waals surface area contributed by atoms with Crippen LogP contribution in [0.25, 0.3) is 6.08 Å². The highest BCUT2D eigenvalue weighted by Crippen LogP contribution is 2.34. The fraction of sp³-hybridized carbons (Fsp3) is 0.273. The lowest BCUT2D eigenvalue weighted by Gasteiger charge is -2.17. The molecule has 10 heteroatoms. The zero-order chi connectivity index (χ0) is 22.7. The number of fused-ring (bicyclic) bond motifs is 1. The molecule has 32 heavy (non-hydrogen) atoms. The fourth-order valence-electron chi connectivity index (χ4n) is 3.20. The Balaban J connectivity index is 1.55.